The molecule has 1 aliphatic carbocycles. The number of nitrogens with one attached hydrogen (secondary N) is 1. The van der Waals surface area contributed by atoms with Crippen molar-refractivity contribution in [1.29, 1.82) is 0 Å². The molecule has 20 heavy (non-hydrogen) atoms. The van der Waals surface area contributed by atoms with Crippen molar-refractivity contribution in [3.63, 3.8) is 0 Å². The van der Waals surface area contributed by atoms with Gasteiger partial charge in [0.05, 0.1) is 19.6 Å². The van der Waals surface area contributed by atoms with Crippen LogP contribution in [0.25, 0.3) is 0 Å². The van der Waals surface area contributed by atoms with E-state index < -0.39 is 11.9 Å². The van der Waals surface area contributed by atoms with Gasteiger partial charge >= 0.3 is 11.9 Å². The number of rotatable bonds is 3. The van der Waals surface area contributed by atoms with Crippen molar-refractivity contribution in [3.8, 4) is 0 Å². The van der Waals surface area contributed by atoms with Gasteiger partial charge in [0.25, 0.3) is 0 Å². The highest BCUT2D eigenvalue weighted by molar-refractivity contribution is 6.01. The van der Waals surface area contributed by atoms with E-state index in [-0.39, 0.29) is 42.8 Å². The molecule has 6 heteroatoms. The number of piperidine rings is 1. The third kappa shape index (κ3) is 2.70. The van der Waals surface area contributed by atoms with E-state index in [0.717, 1.165) is 12.8 Å². The van der Waals surface area contributed by atoms with Crippen LogP contribution in [0.4, 0.5) is 0 Å². The summed E-state index contributed by atoms with van der Waals surface area (Å²) < 4.78 is 9.74. The molecule has 2 rings (SSSR count). The Hall–Kier alpha value is -1.43. The third-order valence-corrected chi connectivity index (χ3v) is 4.24. The van der Waals surface area contributed by atoms with Gasteiger partial charge in [0.1, 0.15) is 5.92 Å². The first-order valence-electron chi connectivity index (χ1n) is 7.11. The summed E-state index contributed by atoms with van der Waals surface area (Å²) in [6.07, 6.45) is 2.22. The fraction of sp³-hybridized carbons (Fsp3) is 0.786. The van der Waals surface area contributed by atoms with Gasteiger partial charge in [-0.3, -0.25) is 14.4 Å². The van der Waals surface area contributed by atoms with Gasteiger partial charge in [0.15, 0.2) is 5.78 Å². The maximum absolute atomic E-state index is 12.4. The van der Waals surface area contributed by atoms with E-state index >= 15 is 0 Å². The summed E-state index contributed by atoms with van der Waals surface area (Å²) in [7, 11) is 1.36. The molecule has 1 saturated heterocycles. The molecule has 2 aliphatic rings. The van der Waals surface area contributed by atoms with E-state index in [1.54, 1.807) is 6.92 Å². The van der Waals surface area contributed by atoms with Gasteiger partial charge in [-0.2, -0.15) is 0 Å². The fourth-order valence-electron chi connectivity index (χ4n) is 3.27. The lowest BCUT2D eigenvalue weighted by Gasteiger charge is -2.41. The van der Waals surface area contributed by atoms with Crippen molar-refractivity contribution in [2.75, 3.05) is 20.3 Å². The molecule has 0 bridgehead atoms. The number of esters is 2. The Morgan fingerprint density at radius 2 is 2.05 bits per heavy atom. The number of hydrogen-bond donors (Lipinski definition) is 1. The van der Waals surface area contributed by atoms with Crippen molar-refractivity contribution in [3.05, 3.63) is 0 Å². The summed E-state index contributed by atoms with van der Waals surface area (Å²) in [5, 5.41) is 3.18. The van der Waals surface area contributed by atoms with Crippen molar-refractivity contribution in [2.45, 2.75) is 32.2 Å². The Kier molecular flexibility index (Phi) is 4.75. The van der Waals surface area contributed by atoms with E-state index in [1.165, 1.54) is 7.11 Å². The van der Waals surface area contributed by atoms with Crippen LogP contribution in [-0.4, -0.2) is 44.0 Å². The first-order chi connectivity index (χ1) is 9.60. The number of Topliss-reactive ketones (excluding diaryl/α,β-unsaturated/α-hetero) is 1. The minimum absolute atomic E-state index is 0.0965. The van der Waals surface area contributed by atoms with Crippen molar-refractivity contribution in [2.24, 2.45) is 17.8 Å². The molecule has 2 fully saturated rings. The molecule has 0 spiro atoms. The van der Waals surface area contributed by atoms with Crippen LogP contribution in [0.3, 0.4) is 0 Å². The molecule has 112 valence electrons. The van der Waals surface area contributed by atoms with Crippen LogP contribution in [0.1, 0.15) is 26.2 Å². The van der Waals surface area contributed by atoms with Crippen LogP contribution in [-0.2, 0) is 23.9 Å². The first kappa shape index (κ1) is 15.0. The van der Waals surface area contributed by atoms with Crippen molar-refractivity contribution < 1.29 is 23.9 Å². The monoisotopic (exact) mass is 283 g/mol. The van der Waals surface area contributed by atoms with Crippen LogP contribution >= 0.6 is 0 Å². The summed E-state index contributed by atoms with van der Waals surface area (Å²) in [5.41, 5.74) is 0. The zero-order valence-corrected chi connectivity index (χ0v) is 11.9. The lowest BCUT2D eigenvalue weighted by molar-refractivity contribution is -0.156. The van der Waals surface area contributed by atoms with Gasteiger partial charge in [-0.25, -0.2) is 0 Å². The van der Waals surface area contributed by atoms with Gasteiger partial charge in [0, 0.05) is 18.5 Å². The van der Waals surface area contributed by atoms with Gasteiger partial charge in [-0.1, -0.05) is 6.42 Å². The zero-order valence-electron chi connectivity index (χ0n) is 11.9. The normalized spacial score (nSPS) is 33.2. The quantitative estimate of drug-likeness (QED) is 0.592. The molecule has 0 aromatic carbocycles. The molecule has 1 N–H and O–H groups in total. The zero-order chi connectivity index (χ0) is 14.7. The second kappa shape index (κ2) is 6.35. The van der Waals surface area contributed by atoms with E-state index in [9.17, 15) is 14.4 Å². The summed E-state index contributed by atoms with van der Waals surface area (Å²) in [4.78, 5) is 36.0. The van der Waals surface area contributed by atoms with E-state index in [2.05, 4.69) is 5.32 Å². The molecule has 0 aromatic rings. The predicted octanol–water partition coefficient (Wildman–Crippen LogP) is 0.296. The first-order valence-corrected chi connectivity index (χ1v) is 7.11. The minimum atomic E-state index is -0.743. The Balaban J connectivity index is 2.11. The van der Waals surface area contributed by atoms with Gasteiger partial charge in [-0.05, 0) is 19.8 Å². The maximum Gasteiger partial charge on any atom is 0.317 e. The van der Waals surface area contributed by atoms with Crippen LogP contribution in [0, 0.1) is 17.8 Å². The number of fused-ring (bicyclic) bond motifs is 1. The molecule has 1 aliphatic heterocycles. The summed E-state index contributed by atoms with van der Waals surface area (Å²) in [6.45, 7) is 2.23. The largest absolute Gasteiger partial charge is 0.469 e. The minimum Gasteiger partial charge on any atom is -0.469 e. The van der Waals surface area contributed by atoms with Gasteiger partial charge < -0.3 is 14.8 Å². The Morgan fingerprint density at radius 1 is 1.30 bits per heavy atom. The average Bonchev–Trinajstić information content (AvgIpc) is 2.46. The molecule has 1 saturated carbocycles. The molecule has 6 nitrogen and oxygen atoms in total. The van der Waals surface area contributed by atoms with Gasteiger partial charge in [-0.15, -0.1) is 0 Å². The number of ketones is 1. The topological polar surface area (TPSA) is 81.7 Å². The highest BCUT2D eigenvalue weighted by atomic mass is 16.5. The van der Waals surface area contributed by atoms with Crippen LogP contribution in [0.15, 0.2) is 0 Å². The van der Waals surface area contributed by atoms with Crippen LogP contribution in [0.2, 0.25) is 0 Å². The molecule has 0 radical (unpaired) electrons. The second-order valence-corrected chi connectivity index (χ2v) is 5.31. The highest BCUT2D eigenvalue weighted by Gasteiger charge is 2.48. The number of carbonyl (C=O) groups excluding carboxylic acids is 3. The Labute approximate surface area is 118 Å². The number of ether oxygens (including phenoxy) is 2. The molecular formula is C14H21NO5. The Morgan fingerprint density at radius 3 is 2.70 bits per heavy atom. The molecule has 0 amide bonds. The van der Waals surface area contributed by atoms with Crippen molar-refractivity contribution in [1.82, 2.24) is 5.32 Å². The van der Waals surface area contributed by atoms with Crippen LogP contribution in [0.5, 0.6) is 0 Å². The van der Waals surface area contributed by atoms with Crippen LogP contribution < -0.4 is 5.32 Å². The lowest BCUT2D eigenvalue weighted by atomic mass is 9.70. The average molecular weight is 283 g/mol. The summed E-state index contributed by atoms with van der Waals surface area (Å²) >= 11 is 0. The maximum atomic E-state index is 12.4. The van der Waals surface area contributed by atoms with Crippen molar-refractivity contribution >= 4 is 17.7 Å². The summed E-state index contributed by atoms with van der Waals surface area (Å²) in [5.74, 6) is -2.19. The van der Waals surface area contributed by atoms with E-state index in [0.29, 0.717) is 6.42 Å². The van der Waals surface area contributed by atoms with E-state index in [4.69, 9.17) is 9.47 Å². The predicted molar refractivity (Wildman–Crippen MR) is 69.8 cm³/mol. The SMILES string of the molecule is CCOC(=O)C1CNC2C(C(=O)OC)CCCC2C1=O. The molecule has 1 heterocycles. The second-order valence-electron chi connectivity index (χ2n) is 5.31. The van der Waals surface area contributed by atoms with E-state index in [1.807, 2.05) is 0 Å². The highest BCUT2D eigenvalue weighted by Crippen LogP contribution is 2.35. The number of carbonyl (C=O) groups is 3. The lowest BCUT2D eigenvalue weighted by Crippen LogP contribution is -2.59. The molecular weight excluding hydrogens is 262 g/mol. The van der Waals surface area contributed by atoms with Gasteiger partial charge in [0.2, 0.25) is 0 Å². The number of hydrogen-bond acceptors (Lipinski definition) is 6. The smallest absolute Gasteiger partial charge is 0.317 e. The Bertz CT molecular complexity index is 408. The third-order valence-electron chi connectivity index (χ3n) is 4.24. The molecule has 0 aromatic heterocycles. The standard InChI is InChI=1S/C14H21NO5/c1-3-20-14(18)10-7-15-11-8(12(10)16)5-4-6-9(11)13(17)19-2/h8-11,15H,3-7H2,1-2H3. The summed E-state index contributed by atoms with van der Waals surface area (Å²) in [6, 6.07) is -0.214. The molecule has 4 unspecified atom stereocenters. The molecule has 4 atom stereocenters. The fourth-order valence-corrected chi connectivity index (χ4v) is 3.27. The number of methoxy groups -OCH3 is 1.